The number of carboxylic acids is 2. The van der Waals surface area contributed by atoms with Crippen LogP contribution in [0.2, 0.25) is 0 Å². The Morgan fingerprint density at radius 3 is 2.27 bits per heavy atom. The van der Waals surface area contributed by atoms with Crippen molar-refractivity contribution < 1.29 is 24.5 Å². The van der Waals surface area contributed by atoms with Gasteiger partial charge in [-0.3, -0.25) is 0 Å². The topological polar surface area (TPSA) is 103 Å². The molecular weight excluding hydrogens is 442 g/mol. The van der Waals surface area contributed by atoms with E-state index in [4.69, 9.17) is 19.9 Å². The average Bonchev–Trinajstić information content (AvgIpc) is 3.20. The number of nitrogens with zero attached hydrogens (tertiary/aromatic N) is 3. The lowest BCUT2D eigenvalue weighted by molar-refractivity contribution is -0.134. The summed E-state index contributed by atoms with van der Waals surface area (Å²) in [6.07, 6.45) is 1.12. The maximum atomic E-state index is 9.55. The van der Waals surface area contributed by atoms with E-state index in [9.17, 15) is 9.59 Å². The van der Waals surface area contributed by atoms with Crippen LogP contribution in [0, 0.1) is 0 Å². The molecule has 8 nitrogen and oxygen atoms in total. The Morgan fingerprint density at radius 2 is 1.70 bits per heavy atom. The number of aliphatic carboxylic acids is 2. The highest BCUT2D eigenvalue weighted by Gasteiger charge is 2.14. The number of ether oxygens (including phenoxy) is 1. The summed E-state index contributed by atoms with van der Waals surface area (Å²) in [5, 5.41) is 16.7. The molecule has 0 radical (unpaired) electrons. The van der Waals surface area contributed by atoms with Gasteiger partial charge in [0.15, 0.2) is 5.13 Å². The molecule has 0 aliphatic carbocycles. The number of anilines is 1. The second kappa shape index (κ2) is 13.2. The molecule has 2 aromatic carbocycles. The molecule has 0 unspecified atom stereocenters. The molecule has 0 fully saturated rings. The first kappa shape index (κ1) is 25.8. The van der Waals surface area contributed by atoms with Crippen molar-refractivity contribution >= 4 is 38.6 Å². The van der Waals surface area contributed by atoms with Gasteiger partial charge in [-0.1, -0.05) is 41.7 Å². The molecule has 176 valence electrons. The van der Waals surface area contributed by atoms with Crippen LogP contribution < -0.4 is 9.64 Å². The lowest BCUT2D eigenvalue weighted by Gasteiger charge is -2.23. The van der Waals surface area contributed by atoms with Gasteiger partial charge in [-0.15, -0.1) is 0 Å². The van der Waals surface area contributed by atoms with Crippen LogP contribution >= 0.6 is 11.3 Å². The number of hydrogen-bond acceptors (Lipinski definition) is 7. The molecule has 0 amide bonds. The molecule has 1 heterocycles. The van der Waals surface area contributed by atoms with E-state index in [-0.39, 0.29) is 0 Å². The lowest BCUT2D eigenvalue weighted by Crippen LogP contribution is -2.31. The molecule has 2 N–H and O–H groups in total. The minimum atomic E-state index is -1.26. The summed E-state index contributed by atoms with van der Waals surface area (Å²) in [7, 11) is 4.21. The van der Waals surface area contributed by atoms with E-state index in [1.807, 2.05) is 19.1 Å². The van der Waals surface area contributed by atoms with Gasteiger partial charge in [-0.05, 0) is 38.7 Å². The van der Waals surface area contributed by atoms with E-state index in [0.717, 1.165) is 36.0 Å². The molecule has 3 rings (SSSR count). The normalized spacial score (nSPS) is 10.8. The Labute approximate surface area is 197 Å². The standard InChI is InChI=1S/C20H25N3OS.C4H4O4/c1-4-24-17-10-11-19-18(14-17)21-20(25-19)23(13-12-22(2)3)15-16-8-6-5-7-9-16;5-3(6)1-2-4(7)8/h5-11,14H,4,12-13,15H2,1-3H3;1-2H,(H,5,6)(H,7,8)/b;2-1+. The van der Waals surface area contributed by atoms with Gasteiger partial charge in [0, 0.05) is 37.9 Å². The minimum absolute atomic E-state index is 0.558. The largest absolute Gasteiger partial charge is 0.494 e. The number of likely N-dealkylation sites (N-methyl/N-ethyl adjacent to an activating group) is 1. The number of benzene rings is 2. The first-order valence-electron chi connectivity index (χ1n) is 10.4. The van der Waals surface area contributed by atoms with Crippen molar-refractivity contribution in [2.24, 2.45) is 0 Å². The van der Waals surface area contributed by atoms with Gasteiger partial charge in [0.05, 0.1) is 16.8 Å². The maximum Gasteiger partial charge on any atom is 0.328 e. The van der Waals surface area contributed by atoms with Crippen molar-refractivity contribution in [3.8, 4) is 5.75 Å². The maximum absolute atomic E-state index is 9.55. The van der Waals surface area contributed by atoms with Gasteiger partial charge in [0.25, 0.3) is 0 Å². The van der Waals surface area contributed by atoms with E-state index < -0.39 is 11.9 Å². The van der Waals surface area contributed by atoms with Gasteiger partial charge in [-0.25, -0.2) is 14.6 Å². The smallest absolute Gasteiger partial charge is 0.328 e. The van der Waals surface area contributed by atoms with E-state index in [1.54, 1.807) is 11.3 Å². The van der Waals surface area contributed by atoms with Crippen molar-refractivity contribution in [3.05, 3.63) is 66.2 Å². The summed E-state index contributed by atoms with van der Waals surface area (Å²) >= 11 is 1.74. The molecule has 33 heavy (non-hydrogen) atoms. The molecule has 0 saturated heterocycles. The number of carbonyl (C=O) groups is 2. The van der Waals surface area contributed by atoms with Crippen LogP contribution in [-0.2, 0) is 16.1 Å². The van der Waals surface area contributed by atoms with Gasteiger partial charge in [-0.2, -0.15) is 0 Å². The fraction of sp³-hybridized carbons (Fsp3) is 0.292. The van der Waals surface area contributed by atoms with Crippen LogP contribution in [0.4, 0.5) is 5.13 Å². The van der Waals surface area contributed by atoms with Crippen molar-refractivity contribution in [1.29, 1.82) is 0 Å². The molecule has 0 saturated carbocycles. The number of carboxylic acid groups (broad SMARTS) is 2. The summed E-state index contributed by atoms with van der Waals surface area (Å²) in [5.74, 6) is -1.63. The van der Waals surface area contributed by atoms with Crippen molar-refractivity contribution in [1.82, 2.24) is 9.88 Å². The van der Waals surface area contributed by atoms with Crippen LogP contribution in [0.5, 0.6) is 5.75 Å². The van der Waals surface area contributed by atoms with Crippen molar-refractivity contribution in [2.45, 2.75) is 13.5 Å². The molecule has 0 bridgehead atoms. The summed E-state index contributed by atoms with van der Waals surface area (Å²) in [6.45, 7) is 5.48. The fourth-order valence-electron chi connectivity index (χ4n) is 2.80. The third-order valence-electron chi connectivity index (χ3n) is 4.33. The highest BCUT2D eigenvalue weighted by Crippen LogP contribution is 2.32. The molecule has 0 spiro atoms. The second-order valence-corrected chi connectivity index (χ2v) is 8.29. The summed E-state index contributed by atoms with van der Waals surface area (Å²) < 4.78 is 6.80. The van der Waals surface area contributed by atoms with Crippen LogP contribution in [0.15, 0.2) is 60.7 Å². The molecule has 9 heteroatoms. The SMILES string of the molecule is CCOc1ccc2sc(N(CCN(C)C)Cc3ccccc3)nc2c1.O=C(O)/C=C/C(=O)O. The number of hydrogen-bond donors (Lipinski definition) is 2. The van der Waals surface area contributed by atoms with E-state index in [1.165, 1.54) is 10.3 Å². The Hall–Kier alpha value is -3.43. The number of thiazole rings is 1. The van der Waals surface area contributed by atoms with Crippen molar-refractivity contribution in [3.63, 3.8) is 0 Å². The quantitative estimate of drug-likeness (QED) is 0.428. The zero-order valence-electron chi connectivity index (χ0n) is 19.0. The van der Waals surface area contributed by atoms with E-state index in [2.05, 4.69) is 60.3 Å². The van der Waals surface area contributed by atoms with Gasteiger partial charge >= 0.3 is 11.9 Å². The highest BCUT2D eigenvalue weighted by molar-refractivity contribution is 7.22. The predicted octanol–water partition coefficient (Wildman–Crippen LogP) is 3.98. The Morgan fingerprint density at radius 1 is 1.03 bits per heavy atom. The predicted molar refractivity (Wildman–Crippen MR) is 131 cm³/mol. The van der Waals surface area contributed by atoms with Gasteiger partial charge < -0.3 is 24.7 Å². The molecule has 0 aliphatic rings. The molecule has 3 aromatic rings. The first-order valence-corrected chi connectivity index (χ1v) is 11.2. The third-order valence-corrected chi connectivity index (χ3v) is 5.43. The number of fused-ring (bicyclic) bond motifs is 1. The van der Waals surface area contributed by atoms with Gasteiger partial charge in [0.1, 0.15) is 5.75 Å². The molecule has 1 aromatic heterocycles. The second-order valence-electron chi connectivity index (χ2n) is 7.28. The molecule has 0 atom stereocenters. The van der Waals surface area contributed by atoms with E-state index in [0.29, 0.717) is 18.8 Å². The zero-order valence-corrected chi connectivity index (χ0v) is 19.8. The number of aromatic nitrogens is 1. The summed E-state index contributed by atoms with van der Waals surface area (Å²) in [6, 6.07) is 16.7. The van der Waals surface area contributed by atoms with Gasteiger partial charge in [0.2, 0.25) is 0 Å². The summed E-state index contributed by atoms with van der Waals surface area (Å²) in [4.78, 5) is 28.6. The zero-order chi connectivity index (χ0) is 24.2. The van der Waals surface area contributed by atoms with Crippen molar-refractivity contribution in [2.75, 3.05) is 38.7 Å². The van der Waals surface area contributed by atoms with Crippen LogP contribution in [0.1, 0.15) is 12.5 Å². The summed E-state index contributed by atoms with van der Waals surface area (Å²) in [5.41, 5.74) is 2.31. The minimum Gasteiger partial charge on any atom is -0.494 e. The first-order chi connectivity index (χ1) is 15.8. The van der Waals surface area contributed by atoms with Crippen LogP contribution in [-0.4, -0.2) is 65.8 Å². The highest BCUT2D eigenvalue weighted by atomic mass is 32.1. The molecule has 0 aliphatic heterocycles. The van der Waals surface area contributed by atoms with E-state index >= 15 is 0 Å². The third kappa shape index (κ3) is 9.30. The number of rotatable bonds is 10. The molecular formula is C24H29N3O5S. The lowest BCUT2D eigenvalue weighted by atomic mass is 10.2. The Bertz CT molecular complexity index is 1050. The Kier molecular flexibility index (Phi) is 10.3. The monoisotopic (exact) mass is 471 g/mol. The Balaban J connectivity index is 0.000000414. The average molecular weight is 472 g/mol. The fourth-order valence-corrected chi connectivity index (χ4v) is 3.77. The van der Waals surface area contributed by atoms with Crippen LogP contribution in [0.3, 0.4) is 0 Å². The van der Waals surface area contributed by atoms with Crippen LogP contribution in [0.25, 0.3) is 10.2 Å².